The Morgan fingerprint density at radius 2 is 1.62 bits per heavy atom. The highest BCUT2D eigenvalue weighted by molar-refractivity contribution is 5.69. The Morgan fingerprint density at radius 3 is 2.29 bits per heavy atom. The molecule has 0 aliphatic carbocycles. The van der Waals surface area contributed by atoms with Crippen LogP contribution in [0.1, 0.15) is 46.0 Å². The fourth-order valence-electron chi connectivity index (χ4n) is 1.45. The minimum atomic E-state index is -0.840. The van der Waals surface area contributed by atoms with Crippen LogP contribution in [0.2, 0.25) is 0 Å². The number of carboxylic acid groups (broad SMARTS) is 1. The third-order valence-electron chi connectivity index (χ3n) is 2.98. The number of aliphatic carboxylic acids is 1. The molecule has 0 radical (unpaired) electrons. The van der Waals surface area contributed by atoms with E-state index in [0.717, 1.165) is 13.0 Å². The Labute approximate surface area is 126 Å². The average molecular weight is 304 g/mol. The highest BCUT2D eigenvalue weighted by Crippen LogP contribution is 2.01. The van der Waals surface area contributed by atoms with E-state index in [1.165, 1.54) is 0 Å². The fraction of sp³-hybridized carbons (Fsp3) is 0.867. The van der Waals surface area contributed by atoms with Crippen LogP contribution in [0.4, 0.5) is 0 Å². The van der Waals surface area contributed by atoms with Gasteiger partial charge in [-0.2, -0.15) is 0 Å². The van der Waals surface area contributed by atoms with Gasteiger partial charge in [0.15, 0.2) is 0 Å². The molecule has 1 atom stereocenters. The first-order valence-electron chi connectivity index (χ1n) is 7.59. The summed E-state index contributed by atoms with van der Waals surface area (Å²) in [5.41, 5.74) is 0. The van der Waals surface area contributed by atoms with Crippen molar-refractivity contribution in [1.29, 1.82) is 0 Å². The summed E-state index contributed by atoms with van der Waals surface area (Å²) in [7, 11) is 0. The van der Waals surface area contributed by atoms with Crippen molar-refractivity contribution in [3.05, 3.63) is 0 Å². The summed E-state index contributed by atoms with van der Waals surface area (Å²) >= 11 is 0. The molecule has 0 fully saturated rings. The molecule has 6 nitrogen and oxygen atoms in total. The van der Waals surface area contributed by atoms with Gasteiger partial charge in [-0.25, -0.2) is 0 Å². The van der Waals surface area contributed by atoms with Crippen molar-refractivity contribution in [2.45, 2.75) is 46.0 Å². The molecule has 1 N–H and O–H groups in total. The van der Waals surface area contributed by atoms with Gasteiger partial charge in [0.2, 0.25) is 0 Å². The van der Waals surface area contributed by atoms with Crippen LogP contribution in [0.15, 0.2) is 0 Å². The summed E-state index contributed by atoms with van der Waals surface area (Å²) in [6, 6.07) is 0. The first-order chi connectivity index (χ1) is 10.1. The molecule has 0 saturated heterocycles. The van der Waals surface area contributed by atoms with E-state index in [-0.39, 0.29) is 25.4 Å². The van der Waals surface area contributed by atoms with Crippen LogP contribution < -0.4 is 0 Å². The topological polar surface area (TPSA) is 82.1 Å². The highest BCUT2D eigenvalue weighted by atomic mass is 16.6. The number of ether oxygens (including phenoxy) is 3. The molecule has 21 heavy (non-hydrogen) atoms. The summed E-state index contributed by atoms with van der Waals surface area (Å²) in [6.45, 7) is 6.62. The van der Waals surface area contributed by atoms with Crippen molar-refractivity contribution in [1.82, 2.24) is 0 Å². The molecule has 0 bridgehead atoms. The van der Waals surface area contributed by atoms with Crippen LogP contribution in [-0.2, 0) is 23.8 Å². The molecule has 0 rings (SSSR count). The Kier molecular flexibility index (Phi) is 13.1. The SMILES string of the molecule is CCC(C)COCCOCCOC(=O)CCCCC(=O)O. The van der Waals surface area contributed by atoms with E-state index in [1.54, 1.807) is 0 Å². The molecular weight excluding hydrogens is 276 g/mol. The van der Waals surface area contributed by atoms with Gasteiger partial charge in [-0.05, 0) is 18.8 Å². The molecule has 6 heteroatoms. The van der Waals surface area contributed by atoms with E-state index in [1.807, 2.05) is 0 Å². The average Bonchev–Trinajstić information content (AvgIpc) is 2.45. The van der Waals surface area contributed by atoms with Crippen molar-refractivity contribution >= 4 is 11.9 Å². The van der Waals surface area contributed by atoms with E-state index in [9.17, 15) is 9.59 Å². The van der Waals surface area contributed by atoms with Crippen LogP contribution in [0, 0.1) is 5.92 Å². The molecular formula is C15H28O6. The van der Waals surface area contributed by atoms with Gasteiger partial charge < -0.3 is 19.3 Å². The minimum Gasteiger partial charge on any atom is -0.481 e. The highest BCUT2D eigenvalue weighted by Gasteiger charge is 2.04. The minimum absolute atomic E-state index is 0.0903. The van der Waals surface area contributed by atoms with Crippen LogP contribution in [0.3, 0.4) is 0 Å². The van der Waals surface area contributed by atoms with Crippen molar-refractivity contribution in [3.63, 3.8) is 0 Å². The smallest absolute Gasteiger partial charge is 0.305 e. The largest absolute Gasteiger partial charge is 0.481 e. The molecule has 0 aliphatic rings. The molecule has 0 aliphatic heterocycles. The number of carboxylic acids is 1. The third-order valence-corrected chi connectivity index (χ3v) is 2.98. The van der Waals surface area contributed by atoms with E-state index >= 15 is 0 Å². The van der Waals surface area contributed by atoms with Gasteiger partial charge in [-0.15, -0.1) is 0 Å². The second-order valence-electron chi connectivity index (χ2n) is 5.02. The molecule has 0 amide bonds. The molecule has 0 aromatic carbocycles. The summed E-state index contributed by atoms with van der Waals surface area (Å²) in [5.74, 6) is -0.587. The lowest BCUT2D eigenvalue weighted by Crippen LogP contribution is -2.14. The molecule has 124 valence electrons. The number of rotatable bonds is 14. The quantitative estimate of drug-likeness (QED) is 0.391. The number of unbranched alkanes of at least 4 members (excludes halogenated alkanes) is 1. The normalized spacial score (nSPS) is 12.1. The van der Waals surface area contributed by atoms with Crippen molar-refractivity contribution in [3.8, 4) is 0 Å². The Balaban J connectivity index is 3.23. The van der Waals surface area contributed by atoms with E-state index < -0.39 is 5.97 Å². The van der Waals surface area contributed by atoms with Gasteiger partial charge in [0, 0.05) is 19.4 Å². The zero-order chi connectivity index (χ0) is 15.9. The van der Waals surface area contributed by atoms with Gasteiger partial charge in [0.1, 0.15) is 6.61 Å². The Morgan fingerprint density at radius 1 is 1.00 bits per heavy atom. The maximum Gasteiger partial charge on any atom is 0.305 e. The maximum atomic E-state index is 11.3. The first kappa shape index (κ1) is 19.9. The predicted molar refractivity (Wildman–Crippen MR) is 78.2 cm³/mol. The number of esters is 1. The maximum absolute atomic E-state index is 11.3. The van der Waals surface area contributed by atoms with Gasteiger partial charge in [0.25, 0.3) is 0 Å². The first-order valence-corrected chi connectivity index (χ1v) is 7.59. The molecule has 0 heterocycles. The summed E-state index contributed by atoms with van der Waals surface area (Å²) in [6.07, 6.45) is 2.48. The zero-order valence-corrected chi connectivity index (χ0v) is 13.1. The van der Waals surface area contributed by atoms with Crippen LogP contribution in [0.5, 0.6) is 0 Å². The lowest BCUT2D eigenvalue weighted by atomic mass is 10.1. The van der Waals surface area contributed by atoms with Crippen LogP contribution in [-0.4, -0.2) is 50.1 Å². The van der Waals surface area contributed by atoms with Crippen molar-refractivity contribution in [2.24, 2.45) is 5.92 Å². The van der Waals surface area contributed by atoms with E-state index in [2.05, 4.69) is 13.8 Å². The van der Waals surface area contributed by atoms with E-state index in [4.69, 9.17) is 19.3 Å². The van der Waals surface area contributed by atoms with Gasteiger partial charge in [-0.3, -0.25) is 9.59 Å². The molecule has 0 saturated carbocycles. The van der Waals surface area contributed by atoms with Crippen molar-refractivity contribution < 1.29 is 28.9 Å². The van der Waals surface area contributed by atoms with Gasteiger partial charge in [0.05, 0.1) is 19.8 Å². The Bertz CT molecular complexity index is 279. The van der Waals surface area contributed by atoms with E-state index in [0.29, 0.717) is 38.6 Å². The Hall–Kier alpha value is -1.14. The number of hydrogen-bond acceptors (Lipinski definition) is 5. The monoisotopic (exact) mass is 304 g/mol. The molecule has 0 aromatic heterocycles. The number of carbonyl (C=O) groups is 2. The summed E-state index contributed by atoms with van der Waals surface area (Å²) in [5, 5.41) is 8.44. The second kappa shape index (κ2) is 13.8. The predicted octanol–water partition coefficient (Wildman–Crippen LogP) is 2.25. The fourth-order valence-corrected chi connectivity index (χ4v) is 1.45. The third kappa shape index (κ3) is 15.1. The second-order valence-corrected chi connectivity index (χ2v) is 5.02. The number of carbonyl (C=O) groups excluding carboxylic acids is 1. The zero-order valence-electron chi connectivity index (χ0n) is 13.1. The molecule has 0 spiro atoms. The standard InChI is InChI=1S/C15H28O6/c1-3-13(2)12-20-9-8-19-10-11-21-15(18)7-5-4-6-14(16)17/h13H,3-12H2,1-2H3,(H,16,17). The lowest BCUT2D eigenvalue weighted by Gasteiger charge is -2.09. The van der Waals surface area contributed by atoms with Crippen LogP contribution >= 0.6 is 0 Å². The lowest BCUT2D eigenvalue weighted by molar-refractivity contribution is -0.146. The summed E-state index contributed by atoms with van der Waals surface area (Å²) < 4.78 is 15.7. The van der Waals surface area contributed by atoms with Crippen molar-refractivity contribution in [2.75, 3.05) is 33.0 Å². The molecule has 0 aromatic rings. The molecule has 1 unspecified atom stereocenters. The van der Waals surface area contributed by atoms with Gasteiger partial charge >= 0.3 is 11.9 Å². The van der Waals surface area contributed by atoms with Crippen LogP contribution in [0.25, 0.3) is 0 Å². The van der Waals surface area contributed by atoms with Gasteiger partial charge in [-0.1, -0.05) is 20.3 Å². The summed E-state index contributed by atoms with van der Waals surface area (Å²) in [4.78, 5) is 21.6. The number of hydrogen-bond donors (Lipinski definition) is 1.